The predicted octanol–water partition coefficient (Wildman–Crippen LogP) is 5.94. The molecule has 134 valence electrons. The number of hydrogen-bond acceptors (Lipinski definition) is 1. The molecule has 0 spiro atoms. The van der Waals surface area contributed by atoms with Gasteiger partial charge < -0.3 is 4.74 Å². The van der Waals surface area contributed by atoms with Crippen LogP contribution >= 0.6 is 0 Å². The van der Waals surface area contributed by atoms with Crippen molar-refractivity contribution in [3.8, 4) is 16.9 Å². The fourth-order valence-corrected chi connectivity index (χ4v) is 2.42. The molecule has 0 aliphatic rings. The molecular weight excluding hydrogens is 351 g/mol. The maximum atomic E-state index is 14.3. The second-order valence-electron chi connectivity index (χ2n) is 5.77. The number of hydrogen-bond donors (Lipinski definition) is 0. The van der Waals surface area contributed by atoms with Crippen molar-refractivity contribution in [2.75, 3.05) is 0 Å². The summed E-state index contributed by atoms with van der Waals surface area (Å²) in [4.78, 5) is 0. The van der Waals surface area contributed by atoms with E-state index in [4.69, 9.17) is 4.74 Å². The predicted molar refractivity (Wildman–Crippen MR) is 87.2 cm³/mol. The molecule has 6 heteroatoms. The molecule has 0 saturated heterocycles. The number of benzene rings is 3. The van der Waals surface area contributed by atoms with E-state index in [-0.39, 0.29) is 5.75 Å². The van der Waals surface area contributed by atoms with Crippen molar-refractivity contribution in [2.24, 2.45) is 0 Å². The van der Waals surface area contributed by atoms with Crippen LogP contribution in [0.1, 0.15) is 11.1 Å². The van der Waals surface area contributed by atoms with E-state index in [0.717, 1.165) is 17.7 Å². The van der Waals surface area contributed by atoms with Crippen LogP contribution in [-0.4, -0.2) is 0 Å². The van der Waals surface area contributed by atoms with Gasteiger partial charge in [0.15, 0.2) is 17.5 Å². The van der Waals surface area contributed by atoms with Crippen molar-refractivity contribution in [1.29, 1.82) is 0 Å². The van der Waals surface area contributed by atoms with Gasteiger partial charge >= 0.3 is 0 Å². The van der Waals surface area contributed by atoms with E-state index in [1.807, 2.05) is 19.1 Å². The second kappa shape index (κ2) is 7.15. The third-order valence-electron chi connectivity index (χ3n) is 3.87. The Morgan fingerprint density at radius 1 is 0.692 bits per heavy atom. The van der Waals surface area contributed by atoms with E-state index < -0.39 is 41.3 Å². The first-order valence-electron chi connectivity index (χ1n) is 7.67. The zero-order chi connectivity index (χ0) is 18.8. The van der Waals surface area contributed by atoms with Gasteiger partial charge in [0.25, 0.3) is 0 Å². The maximum Gasteiger partial charge on any atom is 0.194 e. The second-order valence-corrected chi connectivity index (χ2v) is 5.77. The molecule has 0 heterocycles. The van der Waals surface area contributed by atoms with Crippen LogP contribution in [0.25, 0.3) is 11.1 Å². The first-order chi connectivity index (χ1) is 12.3. The molecule has 0 fully saturated rings. The Labute approximate surface area is 146 Å². The Morgan fingerprint density at radius 2 is 1.23 bits per heavy atom. The van der Waals surface area contributed by atoms with E-state index in [1.165, 1.54) is 0 Å². The monoisotopic (exact) mass is 364 g/mol. The van der Waals surface area contributed by atoms with Gasteiger partial charge in [-0.15, -0.1) is 0 Å². The Kier molecular flexibility index (Phi) is 4.93. The smallest absolute Gasteiger partial charge is 0.194 e. The van der Waals surface area contributed by atoms with Gasteiger partial charge in [0.05, 0.1) is 5.56 Å². The Hall–Kier alpha value is -2.89. The van der Waals surface area contributed by atoms with Crippen molar-refractivity contribution in [1.82, 2.24) is 0 Å². The standard InChI is InChI=1S/C20H13F5O/c1-11-2-4-12(5-3-11)13-6-16(21)15(17(22)7-13)10-26-14-8-18(23)20(25)19(24)9-14/h2-9H,10H2,1H3. The molecule has 3 aromatic carbocycles. The minimum Gasteiger partial charge on any atom is -0.488 e. The van der Waals surface area contributed by atoms with Gasteiger partial charge in [-0.05, 0) is 30.2 Å². The van der Waals surface area contributed by atoms with E-state index in [2.05, 4.69) is 0 Å². The van der Waals surface area contributed by atoms with Crippen LogP contribution in [0.5, 0.6) is 5.75 Å². The van der Waals surface area contributed by atoms with Crippen molar-refractivity contribution >= 4 is 0 Å². The third-order valence-corrected chi connectivity index (χ3v) is 3.87. The summed E-state index contributed by atoms with van der Waals surface area (Å²) in [5.41, 5.74) is 1.61. The minimum absolute atomic E-state index is 0.350. The molecule has 3 rings (SSSR count). The highest BCUT2D eigenvalue weighted by atomic mass is 19.2. The number of halogens is 5. The summed E-state index contributed by atoms with van der Waals surface area (Å²) >= 11 is 0. The molecule has 0 bridgehead atoms. The molecule has 0 radical (unpaired) electrons. The van der Waals surface area contributed by atoms with Crippen LogP contribution in [0.3, 0.4) is 0 Å². The third kappa shape index (κ3) is 3.69. The first kappa shape index (κ1) is 17.9. The summed E-state index contributed by atoms with van der Waals surface area (Å²) in [6.45, 7) is 1.29. The molecule has 0 unspecified atom stereocenters. The van der Waals surface area contributed by atoms with Crippen LogP contribution in [0, 0.1) is 36.0 Å². The summed E-state index contributed by atoms with van der Waals surface area (Å²) in [5.74, 6) is -6.63. The highest BCUT2D eigenvalue weighted by Gasteiger charge is 2.15. The normalized spacial score (nSPS) is 10.8. The molecule has 3 aromatic rings. The van der Waals surface area contributed by atoms with Crippen molar-refractivity contribution in [2.45, 2.75) is 13.5 Å². The van der Waals surface area contributed by atoms with Crippen LogP contribution in [0.4, 0.5) is 22.0 Å². The van der Waals surface area contributed by atoms with Gasteiger partial charge in [0, 0.05) is 12.1 Å². The van der Waals surface area contributed by atoms with Gasteiger partial charge in [-0.25, -0.2) is 22.0 Å². The first-order valence-corrected chi connectivity index (χ1v) is 7.67. The highest BCUT2D eigenvalue weighted by Crippen LogP contribution is 2.26. The Balaban J connectivity index is 1.84. The number of aryl methyl sites for hydroxylation is 1. The average Bonchev–Trinajstić information content (AvgIpc) is 2.59. The van der Waals surface area contributed by atoms with Crippen molar-refractivity contribution in [3.05, 3.63) is 88.7 Å². The quantitative estimate of drug-likeness (QED) is 0.411. The summed E-state index contributed by atoms with van der Waals surface area (Å²) < 4.78 is 72.8. The van der Waals surface area contributed by atoms with E-state index in [9.17, 15) is 22.0 Å². The molecule has 0 aromatic heterocycles. The summed E-state index contributed by atoms with van der Waals surface area (Å²) in [6.07, 6.45) is 0. The number of ether oxygens (including phenoxy) is 1. The highest BCUT2D eigenvalue weighted by molar-refractivity contribution is 5.64. The molecular formula is C20H13F5O. The fraction of sp³-hybridized carbons (Fsp3) is 0.100. The SMILES string of the molecule is Cc1ccc(-c2cc(F)c(COc3cc(F)c(F)c(F)c3)c(F)c2)cc1. The summed E-state index contributed by atoms with van der Waals surface area (Å²) in [5, 5.41) is 0. The lowest BCUT2D eigenvalue weighted by molar-refractivity contribution is 0.287. The van der Waals surface area contributed by atoms with Crippen LogP contribution < -0.4 is 4.74 Å². The Morgan fingerprint density at radius 3 is 1.77 bits per heavy atom. The van der Waals surface area contributed by atoms with Crippen LogP contribution in [-0.2, 0) is 6.61 Å². The van der Waals surface area contributed by atoms with Gasteiger partial charge in [-0.3, -0.25) is 0 Å². The van der Waals surface area contributed by atoms with E-state index in [0.29, 0.717) is 23.3 Å². The zero-order valence-electron chi connectivity index (χ0n) is 13.6. The molecule has 0 atom stereocenters. The van der Waals surface area contributed by atoms with E-state index >= 15 is 0 Å². The van der Waals surface area contributed by atoms with E-state index in [1.54, 1.807) is 12.1 Å². The molecule has 0 N–H and O–H groups in total. The Bertz CT molecular complexity index is 905. The molecule has 0 amide bonds. The lowest BCUT2D eigenvalue weighted by atomic mass is 10.0. The lowest BCUT2D eigenvalue weighted by Gasteiger charge is -2.11. The van der Waals surface area contributed by atoms with Crippen molar-refractivity contribution < 1.29 is 26.7 Å². The molecule has 26 heavy (non-hydrogen) atoms. The van der Waals surface area contributed by atoms with Gasteiger partial charge in [0.1, 0.15) is 24.0 Å². The van der Waals surface area contributed by atoms with Gasteiger partial charge in [0.2, 0.25) is 0 Å². The zero-order valence-corrected chi connectivity index (χ0v) is 13.6. The molecule has 1 nitrogen and oxygen atoms in total. The van der Waals surface area contributed by atoms with Gasteiger partial charge in [-0.1, -0.05) is 29.8 Å². The minimum atomic E-state index is -1.64. The average molecular weight is 364 g/mol. The number of rotatable bonds is 4. The molecule has 0 saturated carbocycles. The van der Waals surface area contributed by atoms with Gasteiger partial charge in [-0.2, -0.15) is 0 Å². The van der Waals surface area contributed by atoms with Crippen LogP contribution in [0.2, 0.25) is 0 Å². The largest absolute Gasteiger partial charge is 0.488 e. The molecule has 0 aliphatic heterocycles. The summed E-state index contributed by atoms with van der Waals surface area (Å²) in [6, 6.07) is 10.6. The van der Waals surface area contributed by atoms with Crippen LogP contribution in [0.15, 0.2) is 48.5 Å². The fourth-order valence-electron chi connectivity index (χ4n) is 2.42. The lowest BCUT2D eigenvalue weighted by Crippen LogP contribution is -2.04. The van der Waals surface area contributed by atoms with Crippen molar-refractivity contribution in [3.63, 3.8) is 0 Å². The molecule has 0 aliphatic carbocycles. The summed E-state index contributed by atoms with van der Waals surface area (Å²) in [7, 11) is 0. The maximum absolute atomic E-state index is 14.3. The topological polar surface area (TPSA) is 9.23 Å².